The minimum atomic E-state index is -1.52. The van der Waals surface area contributed by atoms with E-state index in [9.17, 15) is 0 Å². The lowest BCUT2D eigenvalue weighted by atomic mass is 9.86. The van der Waals surface area contributed by atoms with Gasteiger partial charge < -0.3 is 0 Å². The molecule has 0 aliphatic heterocycles. The third kappa shape index (κ3) is 9.20. The van der Waals surface area contributed by atoms with E-state index in [1.54, 1.807) is 0 Å². The van der Waals surface area contributed by atoms with Gasteiger partial charge in [-0.1, -0.05) is 147 Å². The van der Waals surface area contributed by atoms with Gasteiger partial charge in [-0.15, -0.1) is 0 Å². The average molecular weight is 547 g/mol. The molecule has 0 spiro atoms. The maximum absolute atomic E-state index is 6.57. The van der Waals surface area contributed by atoms with E-state index < -0.39 is 6.04 Å². The summed E-state index contributed by atoms with van der Waals surface area (Å²) in [7, 11) is 0. The van der Waals surface area contributed by atoms with Crippen LogP contribution in [0.1, 0.15) is 95.7 Å². The summed E-state index contributed by atoms with van der Waals surface area (Å²) >= 11 is 6.57. The van der Waals surface area contributed by atoms with Crippen LogP contribution >= 0.6 is 6.04 Å². The van der Waals surface area contributed by atoms with Gasteiger partial charge >= 0.3 is 0 Å². The van der Waals surface area contributed by atoms with Crippen molar-refractivity contribution < 1.29 is 0 Å². The van der Waals surface area contributed by atoms with Crippen molar-refractivity contribution in [1.82, 2.24) is 0 Å². The second kappa shape index (κ2) is 12.2. The van der Waals surface area contributed by atoms with Crippen LogP contribution in [0.15, 0.2) is 72.8 Å². The summed E-state index contributed by atoms with van der Waals surface area (Å²) in [6.07, 6.45) is 6.72. The van der Waals surface area contributed by atoms with Crippen LogP contribution in [0.25, 0.3) is 0 Å². The van der Waals surface area contributed by atoms with Crippen molar-refractivity contribution in [1.29, 1.82) is 0 Å². The van der Waals surface area contributed by atoms with Crippen molar-refractivity contribution in [3.8, 4) is 0 Å². The van der Waals surface area contributed by atoms with E-state index in [0.717, 1.165) is 37.7 Å². The van der Waals surface area contributed by atoms with Gasteiger partial charge in [0.25, 0.3) is 0 Å². The molecule has 3 aromatic rings. The van der Waals surface area contributed by atoms with Crippen LogP contribution in [-0.2, 0) is 47.3 Å². The number of hydrogen-bond acceptors (Lipinski definition) is 1. The molecule has 0 nitrogen and oxygen atoms in total. The second-order valence-corrected chi connectivity index (χ2v) is 20.1. The van der Waals surface area contributed by atoms with Gasteiger partial charge in [-0.05, 0) is 93.4 Å². The molecule has 0 bridgehead atoms. The summed E-state index contributed by atoms with van der Waals surface area (Å²) in [4.78, 5) is 0. The largest absolute Gasteiger partial charge is 0.0974 e. The normalized spacial score (nSPS) is 13.1. The highest BCUT2D eigenvalue weighted by molar-refractivity contribution is 8.14. The fourth-order valence-corrected chi connectivity index (χ4v) is 8.34. The van der Waals surface area contributed by atoms with Crippen LogP contribution in [0.2, 0.25) is 0 Å². The van der Waals surface area contributed by atoms with E-state index in [1.807, 2.05) is 0 Å². The Labute approximate surface area is 239 Å². The van der Waals surface area contributed by atoms with Crippen LogP contribution < -0.4 is 0 Å². The first-order chi connectivity index (χ1) is 17.6. The summed E-state index contributed by atoms with van der Waals surface area (Å²) in [5.74, 6) is 0. The van der Waals surface area contributed by atoms with Gasteiger partial charge in [0.2, 0.25) is 0 Å². The standard InChI is InChI=1S/C36H51PS/c1-34(2,3)31-16-10-28(11-17-31)22-25-37(38,26-23-29-12-18-32(19-13-29)35(4,5)6)27-24-30-14-20-33(21-15-30)36(7,8)9/h10-21H,22-27H2,1-9H3. The monoisotopic (exact) mass is 546 g/mol. The molecule has 2 heteroatoms. The highest BCUT2D eigenvalue weighted by Crippen LogP contribution is 2.47. The van der Waals surface area contributed by atoms with E-state index >= 15 is 0 Å². The second-order valence-electron chi connectivity index (χ2n) is 14.3. The summed E-state index contributed by atoms with van der Waals surface area (Å²) in [6.45, 7) is 20.5. The van der Waals surface area contributed by atoms with E-state index in [4.69, 9.17) is 11.8 Å². The van der Waals surface area contributed by atoms with Crippen LogP contribution in [-0.4, -0.2) is 18.5 Å². The molecule has 3 aromatic carbocycles. The number of rotatable bonds is 9. The van der Waals surface area contributed by atoms with E-state index in [1.165, 1.54) is 33.4 Å². The molecular formula is C36H51PS. The molecule has 3 rings (SSSR count). The molecule has 206 valence electrons. The van der Waals surface area contributed by atoms with Gasteiger partial charge in [0.1, 0.15) is 0 Å². The lowest BCUT2D eigenvalue weighted by Crippen LogP contribution is -2.12. The molecule has 0 N–H and O–H groups in total. The molecule has 0 radical (unpaired) electrons. The first-order valence-corrected chi connectivity index (χ1v) is 17.8. The van der Waals surface area contributed by atoms with Crippen molar-refractivity contribution in [2.75, 3.05) is 18.5 Å². The Hall–Kier alpha value is -1.69. The molecule has 38 heavy (non-hydrogen) atoms. The zero-order chi connectivity index (χ0) is 28.2. The molecule has 0 saturated heterocycles. The predicted molar refractivity (Wildman–Crippen MR) is 175 cm³/mol. The lowest BCUT2D eigenvalue weighted by Gasteiger charge is -2.24. The van der Waals surface area contributed by atoms with Gasteiger partial charge in [-0.2, -0.15) is 0 Å². The SMILES string of the molecule is CC(C)(C)c1ccc(CCP(=S)(CCc2ccc(C(C)(C)C)cc2)CCc2ccc(C(C)(C)C)cc2)cc1. The fraction of sp³-hybridized carbons (Fsp3) is 0.500. The molecular weight excluding hydrogens is 495 g/mol. The third-order valence-corrected chi connectivity index (χ3v) is 12.6. The van der Waals surface area contributed by atoms with Crippen LogP contribution in [0.4, 0.5) is 0 Å². The maximum atomic E-state index is 6.57. The van der Waals surface area contributed by atoms with E-state index in [2.05, 4.69) is 135 Å². The van der Waals surface area contributed by atoms with E-state index in [-0.39, 0.29) is 16.2 Å². The van der Waals surface area contributed by atoms with Gasteiger partial charge in [0, 0.05) is 0 Å². The van der Waals surface area contributed by atoms with Crippen LogP contribution in [0.5, 0.6) is 0 Å². The number of hydrogen-bond donors (Lipinski definition) is 0. The lowest BCUT2D eigenvalue weighted by molar-refractivity contribution is 0.589. The quantitative estimate of drug-likeness (QED) is 0.241. The fourth-order valence-electron chi connectivity index (χ4n) is 4.85. The van der Waals surface area contributed by atoms with Gasteiger partial charge in [0.15, 0.2) is 0 Å². The summed E-state index contributed by atoms with van der Waals surface area (Å²) in [5.41, 5.74) is 9.06. The number of benzene rings is 3. The zero-order valence-electron chi connectivity index (χ0n) is 25.5. The van der Waals surface area contributed by atoms with Gasteiger partial charge in [0.05, 0.1) is 0 Å². The minimum absolute atomic E-state index is 0.193. The number of aryl methyl sites for hydroxylation is 3. The molecule has 0 amide bonds. The minimum Gasteiger partial charge on any atom is -0.0974 e. The average Bonchev–Trinajstić information content (AvgIpc) is 2.84. The predicted octanol–water partition coefficient (Wildman–Crippen LogP) is 10.1. The zero-order valence-corrected chi connectivity index (χ0v) is 27.2. The van der Waals surface area contributed by atoms with Crippen LogP contribution in [0.3, 0.4) is 0 Å². The van der Waals surface area contributed by atoms with Crippen molar-refractivity contribution >= 4 is 17.8 Å². The van der Waals surface area contributed by atoms with Crippen molar-refractivity contribution in [3.63, 3.8) is 0 Å². The Morgan fingerprint density at radius 3 is 0.816 bits per heavy atom. The van der Waals surface area contributed by atoms with E-state index in [0.29, 0.717) is 0 Å². The van der Waals surface area contributed by atoms with Crippen molar-refractivity contribution in [3.05, 3.63) is 106 Å². The van der Waals surface area contributed by atoms with Gasteiger partial charge in [-0.25, -0.2) is 0 Å². The topological polar surface area (TPSA) is 0 Å². The summed E-state index contributed by atoms with van der Waals surface area (Å²) in [5, 5.41) is 0. The molecule has 0 aliphatic rings. The highest BCUT2D eigenvalue weighted by atomic mass is 32.4. The Bertz CT molecular complexity index is 1040. The molecule has 0 atom stereocenters. The Balaban J connectivity index is 1.72. The molecule has 0 aromatic heterocycles. The third-order valence-electron chi connectivity index (χ3n) is 7.88. The molecule has 0 aliphatic carbocycles. The highest BCUT2D eigenvalue weighted by Gasteiger charge is 2.20. The summed E-state index contributed by atoms with van der Waals surface area (Å²) in [6, 6.07) is 26.3. The van der Waals surface area contributed by atoms with Crippen molar-refractivity contribution in [2.45, 2.75) is 97.8 Å². The smallest absolute Gasteiger partial charge is 0.0132 e. The Morgan fingerprint density at radius 1 is 0.421 bits per heavy atom. The molecule has 0 saturated carbocycles. The molecule has 0 fully saturated rings. The first kappa shape index (κ1) is 30.8. The van der Waals surface area contributed by atoms with Crippen molar-refractivity contribution in [2.24, 2.45) is 0 Å². The first-order valence-electron chi connectivity index (χ1n) is 14.4. The Morgan fingerprint density at radius 2 is 0.632 bits per heavy atom. The summed E-state index contributed by atoms with van der Waals surface area (Å²) < 4.78 is 0. The molecule has 0 unspecified atom stereocenters. The van der Waals surface area contributed by atoms with Gasteiger partial charge in [-0.3, -0.25) is 0 Å². The van der Waals surface area contributed by atoms with Crippen LogP contribution in [0, 0.1) is 0 Å². The Kier molecular flexibility index (Phi) is 9.92. The molecule has 0 heterocycles. The maximum Gasteiger partial charge on any atom is -0.0132 e.